The van der Waals surface area contributed by atoms with E-state index in [0.717, 1.165) is 62.3 Å². The van der Waals surface area contributed by atoms with Gasteiger partial charge in [0.25, 0.3) is 0 Å². The van der Waals surface area contributed by atoms with Gasteiger partial charge in [0, 0.05) is 109 Å². The first-order valence-corrected chi connectivity index (χ1v) is 32.6. The van der Waals surface area contributed by atoms with Gasteiger partial charge in [-0.05, 0) is 117 Å². The Labute approximate surface area is 567 Å². The van der Waals surface area contributed by atoms with Crippen LogP contribution in [-0.4, -0.2) is 157 Å². The van der Waals surface area contributed by atoms with Crippen LogP contribution in [-0.2, 0) is 0 Å². The Bertz CT molecular complexity index is 4420. The van der Waals surface area contributed by atoms with E-state index in [0.29, 0.717) is 102 Å². The molecule has 0 aromatic carbocycles. The second kappa shape index (κ2) is 28.1. The summed E-state index contributed by atoms with van der Waals surface area (Å²) >= 11 is 0. The zero-order chi connectivity index (χ0) is 70.1. The number of nitrogens with one attached hydrogen (secondary N) is 3. The maximum atomic E-state index is 13.4. The molecule has 6 aliphatic heterocycles. The molecule has 32 heteroatoms. The topological polar surface area (TPSA) is 308 Å². The fourth-order valence-electron chi connectivity index (χ4n) is 13.0. The Morgan fingerprint density at radius 1 is 0.540 bits per heavy atom. The summed E-state index contributed by atoms with van der Waals surface area (Å²) in [6.07, 6.45) is 1.39. The van der Waals surface area contributed by atoms with Crippen LogP contribution in [0.15, 0.2) is 119 Å². The Hall–Kier alpha value is -10.9. The van der Waals surface area contributed by atoms with Crippen molar-refractivity contribution in [1.29, 1.82) is 0 Å². The third kappa shape index (κ3) is 15.0. The Morgan fingerprint density at radius 2 is 0.980 bits per heavy atom. The van der Waals surface area contributed by atoms with Crippen molar-refractivity contribution in [3.8, 4) is 22.6 Å². The number of carbonyl (C=O) groups excluding carboxylic acids is 6. The molecule has 0 radical (unpaired) electrons. The van der Waals surface area contributed by atoms with Crippen molar-refractivity contribution < 1.29 is 69.1 Å². The molecule has 26 nitrogen and oxygen atoms in total. The van der Waals surface area contributed by atoms with Crippen LogP contribution in [0.2, 0.25) is 0 Å². The molecule has 1 aliphatic carbocycles. The highest BCUT2D eigenvalue weighted by molar-refractivity contribution is 6.08. The lowest BCUT2D eigenvalue weighted by Gasteiger charge is -2.35. The van der Waals surface area contributed by atoms with Crippen LogP contribution in [0.5, 0.6) is 0 Å². The van der Waals surface area contributed by atoms with Crippen molar-refractivity contribution in [2.45, 2.75) is 109 Å². The van der Waals surface area contributed by atoms with E-state index >= 15 is 0 Å². The summed E-state index contributed by atoms with van der Waals surface area (Å²) in [5.74, 6) is 1.32. The lowest BCUT2D eigenvalue weighted by Crippen LogP contribution is -2.48. The number of pyridine rings is 6. The van der Waals surface area contributed by atoms with E-state index < -0.39 is 61.3 Å². The molecule has 1 saturated carbocycles. The number of Topliss-reactive ketones (excluding diaryl/α,β-unsaturated/α-hetero) is 3. The lowest BCUT2D eigenvalue weighted by atomic mass is 10.0. The maximum Gasteiger partial charge on any atom is 0.394 e. The number of nitrogens with zero attached hydrogens (tertiary/aromatic N) is 14. The number of hydrogen-bond acceptors (Lipinski definition) is 20. The highest BCUT2D eigenvalue weighted by Crippen LogP contribution is 2.44. The van der Waals surface area contributed by atoms with Crippen LogP contribution in [0.1, 0.15) is 107 Å². The van der Waals surface area contributed by atoms with Gasteiger partial charge in [-0.2, -0.15) is 26.3 Å². The maximum absolute atomic E-state index is 13.4. The van der Waals surface area contributed by atoms with Crippen LogP contribution in [0.25, 0.3) is 22.6 Å². The monoisotopic (exact) mass is 1380 g/mol. The Balaban J connectivity index is 0.000000135. The molecule has 6 bridgehead atoms. The smallest absolute Gasteiger partial charge is 0.394 e. The molecule has 7 aliphatic rings. The first kappa shape index (κ1) is 67.6. The van der Waals surface area contributed by atoms with E-state index in [1.165, 1.54) is 28.1 Å². The Morgan fingerprint density at radius 3 is 1.38 bits per heavy atom. The number of hydrogen-bond donors (Lipinski definition) is 4. The van der Waals surface area contributed by atoms with Crippen LogP contribution >= 0.6 is 0 Å². The predicted molar refractivity (Wildman–Crippen MR) is 354 cm³/mol. The summed E-state index contributed by atoms with van der Waals surface area (Å²) in [6.45, 7) is 6.53. The van der Waals surface area contributed by atoms with Crippen molar-refractivity contribution in [3.05, 3.63) is 139 Å². The fourth-order valence-corrected chi connectivity index (χ4v) is 13.0. The summed E-state index contributed by atoms with van der Waals surface area (Å²) in [4.78, 5) is 123. The first-order chi connectivity index (χ1) is 48.0. The number of rotatable bonds is 16. The number of aliphatic hydroxyl groups excluding tert-OH is 1. The van der Waals surface area contributed by atoms with Crippen molar-refractivity contribution >= 4 is 87.4 Å². The SMILES string of the molecule is Cc1ncc(-c2ccnc(NC(=O)N3c4nc(C(=O)CC5CC5)ccc4N4CC[C@H]3C4)c2)o1.Cc1ncc(-c2ccnc(NC(=O)N3c4nc(C(=O)C[C@H](CO)C(F)(F)F)ccc4N4CC[C@H]3C4)c2)o1.O=C(CCCC(F)(F)F)c1ccc2c(n1)N(C(=O)Nc1ccccn1)[C@H]1CCN2C1. The molecule has 520 valence electrons. The molecule has 4 fully saturated rings. The van der Waals surface area contributed by atoms with Gasteiger partial charge in [0.15, 0.2) is 58.1 Å². The molecule has 100 heavy (non-hydrogen) atoms. The summed E-state index contributed by atoms with van der Waals surface area (Å²) < 4.78 is 87.4. The largest absolute Gasteiger partial charge is 0.441 e. The predicted octanol–water partition coefficient (Wildman–Crippen LogP) is 11.9. The number of halogens is 6. The lowest BCUT2D eigenvalue weighted by molar-refractivity contribution is -0.182. The molecule has 3 saturated heterocycles. The molecule has 14 heterocycles. The quantitative estimate of drug-likeness (QED) is 0.0516. The number of urea groups is 3. The van der Waals surface area contributed by atoms with E-state index in [1.54, 1.807) is 104 Å². The van der Waals surface area contributed by atoms with E-state index in [1.807, 2.05) is 11.0 Å². The van der Waals surface area contributed by atoms with Crippen LogP contribution in [0.3, 0.4) is 0 Å². The highest BCUT2D eigenvalue weighted by Gasteiger charge is 2.45. The van der Waals surface area contributed by atoms with E-state index in [4.69, 9.17) is 13.9 Å². The number of aryl methyl sites for hydroxylation is 2. The van der Waals surface area contributed by atoms with Crippen LogP contribution in [0.4, 0.5) is 92.7 Å². The van der Waals surface area contributed by atoms with Gasteiger partial charge < -0.3 is 28.6 Å². The van der Waals surface area contributed by atoms with Crippen molar-refractivity contribution in [2.24, 2.45) is 11.8 Å². The van der Waals surface area contributed by atoms with Crippen LogP contribution < -0.4 is 45.3 Å². The summed E-state index contributed by atoms with van der Waals surface area (Å²) in [5, 5.41) is 17.5. The number of ketones is 3. The van der Waals surface area contributed by atoms with Gasteiger partial charge in [0.1, 0.15) is 34.5 Å². The Kier molecular flexibility index (Phi) is 19.0. The fraction of sp³-hybridized carbons (Fsp3) is 0.382. The molecular formula is C68H67F6N17O9. The minimum absolute atomic E-state index is 0.00103. The number of oxazole rings is 2. The van der Waals surface area contributed by atoms with Gasteiger partial charge >= 0.3 is 30.4 Å². The third-order valence-corrected chi connectivity index (χ3v) is 18.2. The van der Waals surface area contributed by atoms with Gasteiger partial charge in [-0.3, -0.25) is 45.0 Å². The molecule has 8 aromatic rings. The van der Waals surface area contributed by atoms with E-state index in [9.17, 15) is 55.1 Å². The van der Waals surface area contributed by atoms with Crippen molar-refractivity contribution in [1.82, 2.24) is 39.9 Å². The molecule has 4 N–H and O–H groups in total. The van der Waals surface area contributed by atoms with Gasteiger partial charge in [0.05, 0.1) is 60.1 Å². The number of anilines is 9. The minimum atomic E-state index is -4.72. The van der Waals surface area contributed by atoms with Gasteiger partial charge in [-0.1, -0.05) is 6.07 Å². The molecule has 8 aromatic heterocycles. The van der Waals surface area contributed by atoms with E-state index in [-0.39, 0.29) is 65.8 Å². The average Bonchev–Trinajstić information content (AvgIpc) is 1.54. The summed E-state index contributed by atoms with van der Waals surface area (Å²) in [6, 6.07) is 20.3. The van der Waals surface area contributed by atoms with Gasteiger partial charge in [-0.15, -0.1) is 0 Å². The van der Waals surface area contributed by atoms with Crippen molar-refractivity contribution in [3.63, 3.8) is 0 Å². The third-order valence-electron chi connectivity index (χ3n) is 18.2. The number of carbonyl (C=O) groups is 6. The molecule has 0 unspecified atom stereocenters. The normalized spacial score (nSPS) is 18.0. The number of amides is 6. The minimum Gasteiger partial charge on any atom is -0.441 e. The second-order valence-corrected chi connectivity index (χ2v) is 25.3. The number of aliphatic hydroxyl groups is 1. The summed E-state index contributed by atoms with van der Waals surface area (Å²) in [7, 11) is 0. The van der Waals surface area contributed by atoms with E-state index in [2.05, 4.69) is 65.6 Å². The zero-order valence-corrected chi connectivity index (χ0v) is 54.0. The number of alkyl halides is 6. The number of fused-ring (bicyclic) bond motifs is 12. The van der Waals surface area contributed by atoms with Gasteiger partial charge in [0.2, 0.25) is 0 Å². The van der Waals surface area contributed by atoms with Gasteiger partial charge in [-0.25, -0.2) is 54.3 Å². The second-order valence-electron chi connectivity index (χ2n) is 25.3. The molecule has 0 spiro atoms. The standard InChI is InChI=1S/C24H23F3N6O4.C24H24N6O3.C20H20F3N5O2/c1-13-29-10-20(37-13)14-4-6-28-21(8-14)31-23(36)33-16-5-7-32(11-16)18-3-2-17(30-22(18)33)19(35)9-15(12-34)24(25,26)27;1-14-26-12-21(33-14)16-6-8-25-22(11-16)28-24(32)30-17-7-9-29(13-17)19-5-4-18(27-23(19)30)20(31)10-15-2-3-15;21-20(22,23)9-3-4-16(29)14-6-7-15-18(25-14)28(13-8-11-27(15)12-13)19(30)26-17-5-1-2-10-24-17/h2-4,6,8,10,15-16,34H,5,7,9,11-12H2,1H3,(H,28,31,36);4-6,8,11-12,15,17H,2-3,7,9-10,13H2,1H3,(H,25,28,32);1-2,5-7,10,13H,3-4,8-9,11-12H2,(H,24,26,30)/t15-,16+;17-;13-/m100/s1. The molecule has 6 amide bonds. The highest BCUT2D eigenvalue weighted by atomic mass is 19.4. The van der Waals surface area contributed by atoms with Crippen LogP contribution in [0, 0.1) is 25.7 Å². The van der Waals surface area contributed by atoms with Crippen molar-refractivity contribution in [2.75, 3.05) is 91.2 Å². The summed E-state index contributed by atoms with van der Waals surface area (Å²) in [5.41, 5.74) is 3.95. The number of aromatic nitrogens is 8. The zero-order valence-electron chi connectivity index (χ0n) is 54.0. The molecular weight excluding hydrogens is 1310 g/mol. The first-order valence-electron chi connectivity index (χ1n) is 32.6. The molecule has 15 rings (SSSR count). The molecule has 4 atom stereocenters. The average molecular weight is 1380 g/mol.